The fraction of sp³-hybridized carbons (Fsp3) is 0.571. The zero-order valence-corrected chi connectivity index (χ0v) is 11.1. The van der Waals surface area contributed by atoms with Gasteiger partial charge >= 0.3 is 6.18 Å². The Labute approximate surface area is 111 Å². The topological polar surface area (TPSA) is 29.3 Å². The van der Waals surface area contributed by atoms with Crippen LogP contribution >= 0.6 is 0 Å². The van der Waals surface area contributed by atoms with Crippen molar-refractivity contribution in [1.82, 2.24) is 4.90 Å². The Morgan fingerprint density at radius 1 is 1.21 bits per heavy atom. The van der Waals surface area contributed by atoms with Crippen molar-refractivity contribution in [1.29, 1.82) is 0 Å². The molecule has 2 nitrogen and oxygen atoms in total. The quantitative estimate of drug-likeness (QED) is 0.896. The lowest BCUT2D eigenvalue weighted by Gasteiger charge is -2.24. The molecular formula is C14H19F3N2. The van der Waals surface area contributed by atoms with Crippen LogP contribution in [0, 0.1) is 5.92 Å². The molecule has 1 aliphatic rings. The predicted molar refractivity (Wildman–Crippen MR) is 68.6 cm³/mol. The van der Waals surface area contributed by atoms with Gasteiger partial charge in [0.05, 0.1) is 5.56 Å². The highest BCUT2D eigenvalue weighted by Crippen LogP contribution is 2.31. The van der Waals surface area contributed by atoms with E-state index in [1.54, 1.807) is 12.1 Å². The van der Waals surface area contributed by atoms with Crippen molar-refractivity contribution in [3.8, 4) is 0 Å². The molecule has 1 aliphatic heterocycles. The Hall–Kier alpha value is -1.07. The Bertz CT molecular complexity index is 417. The van der Waals surface area contributed by atoms with Crippen molar-refractivity contribution < 1.29 is 13.2 Å². The number of hydrogen-bond acceptors (Lipinski definition) is 2. The first-order chi connectivity index (χ1) is 8.79. The second kappa shape index (κ2) is 5.13. The number of likely N-dealkylation sites (tertiary alicyclic amines) is 1. The first kappa shape index (κ1) is 14.3. The Morgan fingerprint density at radius 3 is 2.21 bits per heavy atom. The number of halogens is 3. The molecule has 1 aromatic carbocycles. The summed E-state index contributed by atoms with van der Waals surface area (Å²) in [4.78, 5) is 2.22. The zero-order valence-electron chi connectivity index (χ0n) is 11.1. The third kappa shape index (κ3) is 3.09. The molecule has 0 spiro atoms. The van der Waals surface area contributed by atoms with Crippen LogP contribution in [-0.2, 0) is 6.18 Å². The zero-order chi connectivity index (χ0) is 14.2. The molecule has 106 valence electrons. The average Bonchev–Trinajstić information content (AvgIpc) is 2.68. The van der Waals surface area contributed by atoms with Crippen LogP contribution in [0.25, 0.3) is 0 Å². The van der Waals surface area contributed by atoms with E-state index in [0.717, 1.165) is 30.8 Å². The van der Waals surface area contributed by atoms with E-state index in [0.29, 0.717) is 5.92 Å². The molecule has 0 saturated carbocycles. The lowest BCUT2D eigenvalue weighted by Crippen LogP contribution is -2.29. The van der Waals surface area contributed by atoms with E-state index >= 15 is 0 Å². The van der Waals surface area contributed by atoms with Crippen LogP contribution in [0.1, 0.15) is 31.0 Å². The van der Waals surface area contributed by atoms with Crippen molar-refractivity contribution in [3.05, 3.63) is 35.4 Å². The summed E-state index contributed by atoms with van der Waals surface area (Å²) in [6.45, 7) is 5.80. The Balaban J connectivity index is 2.10. The van der Waals surface area contributed by atoms with Gasteiger partial charge in [0.1, 0.15) is 0 Å². The first-order valence-corrected chi connectivity index (χ1v) is 6.46. The molecule has 1 saturated heterocycles. The van der Waals surface area contributed by atoms with E-state index in [1.165, 1.54) is 0 Å². The van der Waals surface area contributed by atoms with Crippen molar-refractivity contribution in [2.24, 2.45) is 11.7 Å². The molecule has 0 bridgehead atoms. The number of rotatable bonds is 2. The van der Waals surface area contributed by atoms with Crippen LogP contribution in [0.3, 0.4) is 0 Å². The fourth-order valence-electron chi connectivity index (χ4n) is 2.51. The molecular weight excluding hydrogens is 253 g/mol. The summed E-state index contributed by atoms with van der Waals surface area (Å²) in [5, 5.41) is 0. The molecule has 2 rings (SSSR count). The molecule has 0 aliphatic carbocycles. The van der Waals surface area contributed by atoms with Crippen molar-refractivity contribution in [2.75, 3.05) is 13.1 Å². The van der Waals surface area contributed by atoms with Crippen molar-refractivity contribution in [3.63, 3.8) is 0 Å². The molecule has 2 N–H and O–H groups in total. The van der Waals surface area contributed by atoms with Gasteiger partial charge in [0.15, 0.2) is 0 Å². The number of benzene rings is 1. The monoisotopic (exact) mass is 272 g/mol. The van der Waals surface area contributed by atoms with Gasteiger partial charge in [-0.05, 0) is 30.5 Å². The Kier molecular flexibility index (Phi) is 3.87. The van der Waals surface area contributed by atoms with Gasteiger partial charge < -0.3 is 5.73 Å². The van der Waals surface area contributed by atoms with Crippen molar-refractivity contribution in [2.45, 2.75) is 32.1 Å². The highest BCUT2D eigenvalue weighted by atomic mass is 19.4. The summed E-state index contributed by atoms with van der Waals surface area (Å²) in [7, 11) is 0. The van der Waals surface area contributed by atoms with Crippen LogP contribution in [0.2, 0.25) is 0 Å². The van der Waals surface area contributed by atoms with Crippen LogP contribution in [0.5, 0.6) is 0 Å². The summed E-state index contributed by atoms with van der Waals surface area (Å²) in [6.07, 6.45) is -4.27. The van der Waals surface area contributed by atoms with Gasteiger partial charge in [-0.3, -0.25) is 4.90 Å². The largest absolute Gasteiger partial charge is 0.416 e. The van der Waals surface area contributed by atoms with Crippen LogP contribution in [-0.4, -0.2) is 24.0 Å². The van der Waals surface area contributed by atoms with Crippen molar-refractivity contribution >= 4 is 0 Å². The van der Waals surface area contributed by atoms with Gasteiger partial charge in [-0.1, -0.05) is 19.1 Å². The van der Waals surface area contributed by atoms with E-state index in [4.69, 9.17) is 5.73 Å². The maximum absolute atomic E-state index is 12.5. The third-order valence-electron chi connectivity index (χ3n) is 3.97. The number of hydrogen-bond donors (Lipinski definition) is 1. The highest BCUT2D eigenvalue weighted by molar-refractivity contribution is 5.26. The molecule has 3 unspecified atom stereocenters. The summed E-state index contributed by atoms with van der Waals surface area (Å²) in [5.41, 5.74) is 6.27. The first-order valence-electron chi connectivity index (χ1n) is 6.46. The second-order valence-electron chi connectivity index (χ2n) is 5.39. The molecule has 1 aromatic rings. The minimum atomic E-state index is -4.27. The fourth-order valence-corrected chi connectivity index (χ4v) is 2.51. The van der Waals surface area contributed by atoms with Gasteiger partial charge in [-0.2, -0.15) is 13.2 Å². The van der Waals surface area contributed by atoms with Crippen LogP contribution in [0.15, 0.2) is 24.3 Å². The Morgan fingerprint density at radius 2 is 1.79 bits per heavy atom. The van der Waals surface area contributed by atoms with Crippen LogP contribution < -0.4 is 5.73 Å². The van der Waals surface area contributed by atoms with E-state index in [-0.39, 0.29) is 12.1 Å². The van der Waals surface area contributed by atoms with E-state index in [2.05, 4.69) is 11.8 Å². The molecule has 0 amide bonds. The highest BCUT2D eigenvalue weighted by Gasteiger charge is 2.32. The normalized spacial score (nSPS) is 26.6. The minimum absolute atomic E-state index is 0.0956. The minimum Gasteiger partial charge on any atom is -0.326 e. The summed E-state index contributed by atoms with van der Waals surface area (Å²) < 4.78 is 37.5. The molecule has 19 heavy (non-hydrogen) atoms. The lowest BCUT2D eigenvalue weighted by molar-refractivity contribution is -0.137. The lowest BCUT2D eigenvalue weighted by atomic mass is 10.0. The average molecular weight is 272 g/mol. The van der Waals surface area contributed by atoms with Crippen LogP contribution in [0.4, 0.5) is 13.2 Å². The molecule has 0 aromatic heterocycles. The number of alkyl halides is 3. The van der Waals surface area contributed by atoms with Gasteiger partial charge in [0.25, 0.3) is 0 Å². The third-order valence-corrected chi connectivity index (χ3v) is 3.97. The smallest absolute Gasteiger partial charge is 0.326 e. The standard InChI is InChI=1S/C14H19F3N2/c1-9-7-19(8-13(9)18)10(2)11-3-5-12(6-4-11)14(15,16)17/h3-6,9-10,13H,7-8,18H2,1-2H3. The van der Waals surface area contributed by atoms with Gasteiger partial charge in [-0.25, -0.2) is 0 Å². The predicted octanol–water partition coefficient (Wildman–Crippen LogP) is 3.05. The number of nitrogens with zero attached hydrogens (tertiary/aromatic N) is 1. The second-order valence-corrected chi connectivity index (χ2v) is 5.39. The van der Waals surface area contributed by atoms with Gasteiger partial charge in [0, 0.05) is 25.2 Å². The van der Waals surface area contributed by atoms with Gasteiger partial charge in [-0.15, -0.1) is 0 Å². The summed E-state index contributed by atoms with van der Waals surface area (Å²) in [6, 6.07) is 5.65. The van der Waals surface area contributed by atoms with E-state index in [1.807, 2.05) is 6.92 Å². The molecule has 3 atom stereocenters. The van der Waals surface area contributed by atoms with E-state index in [9.17, 15) is 13.2 Å². The van der Waals surface area contributed by atoms with E-state index < -0.39 is 11.7 Å². The maximum Gasteiger partial charge on any atom is 0.416 e. The SMILES string of the molecule is CC1CN(C(C)c2ccc(C(F)(F)F)cc2)CC1N. The maximum atomic E-state index is 12.5. The molecule has 5 heteroatoms. The van der Waals surface area contributed by atoms with Gasteiger partial charge in [0.2, 0.25) is 0 Å². The summed E-state index contributed by atoms with van der Waals surface area (Å²) in [5.74, 6) is 0.428. The molecule has 1 fully saturated rings. The molecule has 0 radical (unpaired) electrons. The summed E-state index contributed by atoms with van der Waals surface area (Å²) >= 11 is 0. The molecule has 1 heterocycles. The number of nitrogens with two attached hydrogens (primary N) is 1.